The standard InChI is InChI=1S/C12H24N2O3/c1-17-7-3-5-11(13)12(16)14-6-2-4-10(8-14)9-15/h10-11,15H,2-9,13H2,1H3. The summed E-state index contributed by atoms with van der Waals surface area (Å²) in [6, 6.07) is -0.428. The molecule has 0 saturated carbocycles. The van der Waals surface area contributed by atoms with Gasteiger partial charge in [-0.25, -0.2) is 0 Å². The molecule has 1 heterocycles. The Labute approximate surface area is 103 Å². The van der Waals surface area contributed by atoms with Crippen LogP contribution in [0.5, 0.6) is 0 Å². The number of methoxy groups -OCH3 is 1. The fourth-order valence-electron chi connectivity index (χ4n) is 2.22. The molecule has 1 aliphatic rings. The monoisotopic (exact) mass is 244 g/mol. The first-order chi connectivity index (χ1) is 8.19. The summed E-state index contributed by atoms with van der Waals surface area (Å²) >= 11 is 0. The number of rotatable bonds is 6. The lowest BCUT2D eigenvalue weighted by molar-refractivity contribution is -0.134. The zero-order chi connectivity index (χ0) is 12.7. The average Bonchev–Trinajstić information content (AvgIpc) is 2.38. The number of hydrogen-bond donors (Lipinski definition) is 2. The van der Waals surface area contributed by atoms with E-state index in [0.29, 0.717) is 19.6 Å². The Morgan fingerprint density at radius 2 is 2.41 bits per heavy atom. The van der Waals surface area contributed by atoms with E-state index in [1.54, 1.807) is 12.0 Å². The highest BCUT2D eigenvalue weighted by Gasteiger charge is 2.26. The van der Waals surface area contributed by atoms with E-state index < -0.39 is 6.04 Å². The van der Waals surface area contributed by atoms with Crippen LogP contribution in [0.15, 0.2) is 0 Å². The Hall–Kier alpha value is -0.650. The molecule has 1 aliphatic heterocycles. The molecule has 0 radical (unpaired) electrons. The normalized spacial score (nSPS) is 22.5. The molecule has 0 aromatic heterocycles. The van der Waals surface area contributed by atoms with Gasteiger partial charge in [-0.3, -0.25) is 4.79 Å². The summed E-state index contributed by atoms with van der Waals surface area (Å²) < 4.78 is 4.94. The second kappa shape index (κ2) is 7.63. The van der Waals surface area contributed by atoms with Gasteiger partial charge in [0, 0.05) is 33.4 Å². The molecule has 5 heteroatoms. The average molecular weight is 244 g/mol. The van der Waals surface area contributed by atoms with Crippen LogP contribution in [-0.2, 0) is 9.53 Å². The van der Waals surface area contributed by atoms with E-state index in [1.807, 2.05) is 0 Å². The summed E-state index contributed by atoms with van der Waals surface area (Å²) in [6.45, 7) is 2.21. The third kappa shape index (κ3) is 4.61. The Morgan fingerprint density at radius 3 is 3.06 bits per heavy atom. The number of aliphatic hydroxyl groups is 1. The lowest BCUT2D eigenvalue weighted by Crippen LogP contribution is -2.48. The summed E-state index contributed by atoms with van der Waals surface area (Å²) in [5.74, 6) is 0.234. The fraction of sp³-hybridized carbons (Fsp3) is 0.917. The van der Waals surface area contributed by atoms with Crippen molar-refractivity contribution in [1.82, 2.24) is 4.90 Å². The minimum Gasteiger partial charge on any atom is -0.396 e. The van der Waals surface area contributed by atoms with Crippen molar-refractivity contribution in [2.24, 2.45) is 11.7 Å². The minimum absolute atomic E-state index is 0.0132. The zero-order valence-corrected chi connectivity index (χ0v) is 10.6. The number of likely N-dealkylation sites (tertiary alicyclic amines) is 1. The van der Waals surface area contributed by atoms with E-state index >= 15 is 0 Å². The first kappa shape index (κ1) is 14.4. The summed E-state index contributed by atoms with van der Waals surface area (Å²) in [4.78, 5) is 13.8. The van der Waals surface area contributed by atoms with Crippen molar-refractivity contribution in [2.45, 2.75) is 31.7 Å². The third-order valence-corrected chi connectivity index (χ3v) is 3.27. The van der Waals surface area contributed by atoms with Crippen molar-refractivity contribution in [3.63, 3.8) is 0 Å². The molecule has 3 N–H and O–H groups in total. The van der Waals surface area contributed by atoms with Gasteiger partial charge in [0.2, 0.25) is 5.91 Å². The molecule has 1 saturated heterocycles. The van der Waals surface area contributed by atoms with Crippen molar-refractivity contribution in [3.05, 3.63) is 0 Å². The number of carbonyl (C=O) groups excluding carboxylic acids is 1. The third-order valence-electron chi connectivity index (χ3n) is 3.27. The number of carbonyl (C=O) groups is 1. The summed E-state index contributed by atoms with van der Waals surface area (Å²) in [5.41, 5.74) is 5.87. The van der Waals surface area contributed by atoms with E-state index in [4.69, 9.17) is 15.6 Å². The number of nitrogens with zero attached hydrogens (tertiary/aromatic N) is 1. The highest BCUT2D eigenvalue weighted by molar-refractivity contribution is 5.81. The lowest BCUT2D eigenvalue weighted by Gasteiger charge is -2.33. The second-order valence-corrected chi connectivity index (χ2v) is 4.72. The number of nitrogens with two attached hydrogens (primary N) is 1. The lowest BCUT2D eigenvalue weighted by atomic mass is 9.98. The van der Waals surface area contributed by atoms with Crippen molar-refractivity contribution >= 4 is 5.91 Å². The number of amides is 1. The fourth-order valence-corrected chi connectivity index (χ4v) is 2.22. The van der Waals surface area contributed by atoms with Gasteiger partial charge in [0.1, 0.15) is 0 Å². The molecule has 0 aromatic carbocycles. The SMILES string of the molecule is COCCCC(N)C(=O)N1CCCC(CO)C1. The van der Waals surface area contributed by atoms with Gasteiger partial charge in [0.15, 0.2) is 0 Å². The van der Waals surface area contributed by atoms with Gasteiger partial charge in [-0.1, -0.05) is 0 Å². The molecule has 5 nitrogen and oxygen atoms in total. The molecule has 1 amide bonds. The van der Waals surface area contributed by atoms with Crippen molar-refractivity contribution in [1.29, 1.82) is 0 Å². The highest BCUT2D eigenvalue weighted by Crippen LogP contribution is 2.16. The van der Waals surface area contributed by atoms with Gasteiger partial charge in [-0.2, -0.15) is 0 Å². The summed E-state index contributed by atoms with van der Waals surface area (Å²) in [5, 5.41) is 9.12. The molecule has 0 bridgehead atoms. The van der Waals surface area contributed by atoms with E-state index in [9.17, 15) is 4.79 Å². The van der Waals surface area contributed by atoms with Gasteiger partial charge in [0.05, 0.1) is 6.04 Å². The molecular weight excluding hydrogens is 220 g/mol. The number of piperidine rings is 1. The van der Waals surface area contributed by atoms with Crippen LogP contribution in [0.1, 0.15) is 25.7 Å². The predicted octanol–water partition coefficient (Wildman–Crippen LogP) is -0.0288. The Morgan fingerprint density at radius 1 is 1.65 bits per heavy atom. The molecule has 17 heavy (non-hydrogen) atoms. The van der Waals surface area contributed by atoms with Crippen LogP contribution in [-0.4, -0.2) is 55.4 Å². The van der Waals surface area contributed by atoms with Gasteiger partial charge in [0.25, 0.3) is 0 Å². The minimum atomic E-state index is -0.428. The van der Waals surface area contributed by atoms with E-state index in [0.717, 1.165) is 25.8 Å². The smallest absolute Gasteiger partial charge is 0.239 e. The van der Waals surface area contributed by atoms with Gasteiger partial charge >= 0.3 is 0 Å². The molecular formula is C12H24N2O3. The molecule has 100 valence electrons. The van der Waals surface area contributed by atoms with Crippen molar-refractivity contribution < 1.29 is 14.6 Å². The molecule has 0 spiro atoms. The maximum absolute atomic E-state index is 12.0. The maximum Gasteiger partial charge on any atom is 0.239 e. The topological polar surface area (TPSA) is 75.8 Å². The molecule has 2 atom stereocenters. The zero-order valence-electron chi connectivity index (χ0n) is 10.6. The molecule has 0 aromatic rings. The van der Waals surface area contributed by atoms with Crippen LogP contribution in [0.3, 0.4) is 0 Å². The Balaban J connectivity index is 2.34. The first-order valence-electron chi connectivity index (χ1n) is 6.33. The number of hydrogen-bond acceptors (Lipinski definition) is 4. The Bertz CT molecular complexity index is 236. The summed E-state index contributed by atoms with van der Waals surface area (Å²) in [7, 11) is 1.64. The van der Waals surface area contributed by atoms with Crippen molar-refractivity contribution in [3.8, 4) is 0 Å². The van der Waals surface area contributed by atoms with Gasteiger partial charge in [-0.15, -0.1) is 0 Å². The molecule has 2 unspecified atom stereocenters. The molecule has 0 aliphatic carbocycles. The van der Waals surface area contributed by atoms with Gasteiger partial charge < -0.3 is 20.5 Å². The van der Waals surface area contributed by atoms with Crippen LogP contribution in [0.2, 0.25) is 0 Å². The van der Waals surface area contributed by atoms with Crippen LogP contribution in [0.25, 0.3) is 0 Å². The quantitative estimate of drug-likeness (QED) is 0.643. The van der Waals surface area contributed by atoms with Crippen LogP contribution in [0, 0.1) is 5.92 Å². The Kier molecular flexibility index (Phi) is 6.47. The van der Waals surface area contributed by atoms with E-state index in [2.05, 4.69) is 0 Å². The van der Waals surface area contributed by atoms with Crippen molar-refractivity contribution in [2.75, 3.05) is 33.4 Å². The van der Waals surface area contributed by atoms with E-state index in [1.165, 1.54) is 0 Å². The second-order valence-electron chi connectivity index (χ2n) is 4.72. The van der Waals surface area contributed by atoms with Crippen LogP contribution in [0.4, 0.5) is 0 Å². The first-order valence-corrected chi connectivity index (χ1v) is 6.33. The molecule has 1 fully saturated rings. The molecule has 1 rings (SSSR count). The van der Waals surface area contributed by atoms with Crippen LogP contribution >= 0.6 is 0 Å². The highest BCUT2D eigenvalue weighted by atomic mass is 16.5. The number of ether oxygens (including phenoxy) is 1. The largest absolute Gasteiger partial charge is 0.396 e. The number of aliphatic hydroxyl groups excluding tert-OH is 1. The maximum atomic E-state index is 12.0. The van der Waals surface area contributed by atoms with Crippen LogP contribution < -0.4 is 5.73 Å². The van der Waals surface area contributed by atoms with E-state index in [-0.39, 0.29) is 18.4 Å². The summed E-state index contributed by atoms with van der Waals surface area (Å²) in [6.07, 6.45) is 3.43. The predicted molar refractivity (Wildman–Crippen MR) is 65.5 cm³/mol. The van der Waals surface area contributed by atoms with Gasteiger partial charge in [-0.05, 0) is 31.6 Å².